The number of aliphatic carboxylic acids is 1. The number of rotatable bonds is 5. The second-order valence-corrected chi connectivity index (χ2v) is 6.16. The molecule has 1 unspecified atom stereocenters. The van der Waals surface area contributed by atoms with Crippen LogP contribution in [0.15, 0.2) is 42.5 Å². The van der Waals surface area contributed by atoms with Crippen molar-refractivity contribution in [3.63, 3.8) is 0 Å². The molecule has 6 heteroatoms. The molecule has 1 aliphatic rings. The van der Waals surface area contributed by atoms with Gasteiger partial charge in [-0.05, 0) is 47.9 Å². The third-order valence-corrected chi connectivity index (χ3v) is 4.22. The van der Waals surface area contributed by atoms with E-state index in [0.29, 0.717) is 30.8 Å². The zero-order valence-corrected chi connectivity index (χ0v) is 13.7. The van der Waals surface area contributed by atoms with Gasteiger partial charge in [-0.1, -0.05) is 12.1 Å². The number of nitrogens with one attached hydrogen (secondary N) is 1. The lowest BCUT2D eigenvalue weighted by Crippen LogP contribution is -2.23. The molecule has 2 aromatic carbocycles. The summed E-state index contributed by atoms with van der Waals surface area (Å²) in [6, 6.07) is 12.6. The van der Waals surface area contributed by atoms with Crippen LogP contribution < -0.4 is 15.8 Å². The summed E-state index contributed by atoms with van der Waals surface area (Å²) in [4.78, 5) is 23.2. The molecule has 25 heavy (non-hydrogen) atoms. The minimum absolute atomic E-state index is 0.0558. The molecule has 0 bridgehead atoms. The number of hydrogen-bond acceptors (Lipinski definition) is 4. The zero-order valence-electron chi connectivity index (χ0n) is 13.7. The fourth-order valence-electron chi connectivity index (χ4n) is 2.91. The normalized spacial score (nSPS) is 15.8. The Balaban J connectivity index is 1.71. The van der Waals surface area contributed by atoms with Crippen LogP contribution >= 0.6 is 0 Å². The summed E-state index contributed by atoms with van der Waals surface area (Å²) < 4.78 is 5.62. The Labute approximate surface area is 145 Å². The van der Waals surface area contributed by atoms with E-state index in [-0.39, 0.29) is 18.2 Å². The summed E-state index contributed by atoms with van der Waals surface area (Å²) in [6.07, 6.45) is 0.695. The lowest BCUT2D eigenvalue weighted by molar-refractivity contribution is -0.138. The molecule has 0 fully saturated rings. The molecule has 0 saturated heterocycles. The third kappa shape index (κ3) is 4.16. The molecule has 2 aromatic rings. The number of benzene rings is 2. The minimum atomic E-state index is -0.831. The van der Waals surface area contributed by atoms with E-state index in [9.17, 15) is 9.59 Å². The van der Waals surface area contributed by atoms with Crippen LogP contribution in [0, 0.1) is 5.92 Å². The van der Waals surface area contributed by atoms with Crippen molar-refractivity contribution < 1.29 is 19.4 Å². The highest BCUT2D eigenvalue weighted by Crippen LogP contribution is 2.31. The molecule has 0 spiro atoms. The number of carbonyl (C=O) groups is 2. The number of hydrogen-bond donors (Lipinski definition) is 3. The standard InChI is InChI=1S/C19H20N2O4/c20-10-12-1-3-14(4-2-12)19(24)21-16-5-6-17-15(9-16)7-13(11-25-17)8-18(22)23/h1-6,9,13H,7-8,10-11,20H2,(H,21,24)(H,22,23). The van der Waals surface area contributed by atoms with Gasteiger partial charge in [-0.3, -0.25) is 9.59 Å². The smallest absolute Gasteiger partial charge is 0.303 e. The number of ether oxygens (including phenoxy) is 1. The van der Waals surface area contributed by atoms with E-state index in [4.69, 9.17) is 15.6 Å². The minimum Gasteiger partial charge on any atom is -0.493 e. The molecule has 1 heterocycles. The fourth-order valence-corrected chi connectivity index (χ4v) is 2.91. The Bertz CT molecular complexity index is 787. The van der Waals surface area contributed by atoms with Gasteiger partial charge >= 0.3 is 5.97 Å². The quantitative estimate of drug-likeness (QED) is 0.776. The lowest BCUT2D eigenvalue weighted by atomic mass is 9.94. The van der Waals surface area contributed by atoms with Crippen molar-refractivity contribution >= 4 is 17.6 Å². The molecule has 3 rings (SSSR count). The van der Waals surface area contributed by atoms with Crippen LogP contribution in [-0.2, 0) is 17.8 Å². The lowest BCUT2D eigenvalue weighted by Gasteiger charge is -2.24. The number of carboxylic acids is 1. The van der Waals surface area contributed by atoms with Gasteiger partial charge in [0.15, 0.2) is 0 Å². The Kier molecular flexibility index (Phi) is 5.00. The molecule has 130 valence electrons. The second-order valence-electron chi connectivity index (χ2n) is 6.16. The summed E-state index contributed by atoms with van der Waals surface area (Å²) in [6.45, 7) is 0.836. The van der Waals surface area contributed by atoms with Crippen LogP contribution in [0.25, 0.3) is 0 Å². The first-order chi connectivity index (χ1) is 12.0. The summed E-state index contributed by atoms with van der Waals surface area (Å²) >= 11 is 0. The molecule has 0 aromatic heterocycles. The molecule has 0 radical (unpaired) electrons. The summed E-state index contributed by atoms with van der Waals surface area (Å²) in [5.41, 5.74) is 8.64. The number of carbonyl (C=O) groups excluding carboxylic acids is 1. The van der Waals surface area contributed by atoms with Crippen LogP contribution in [-0.4, -0.2) is 23.6 Å². The van der Waals surface area contributed by atoms with Crippen molar-refractivity contribution in [1.82, 2.24) is 0 Å². The van der Waals surface area contributed by atoms with Crippen LogP contribution in [0.3, 0.4) is 0 Å². The van der Waals surface area contributed by atoms with Gasteiger partial charge in [0, 0.05) is 23.7 Å². The predicted molar refractivity (Wildman–Crippen MR) is 93.7 cm³/mol. The molecule has 1 atom stereocenters. The third-order valence-electron chi connectivity index (χ3n) is 4.22. The summed E-state index contributed by atoms with van der Waals surface area (Å²) in [7, 11) is 0. The second kappa shape index (κ2) is 7.36. The first kappa shape index (κ1) is 17.0. The van der Waals surface area contributed by atoms with Crippen molar-refractivity contribution in [2.45, 2.75) is 19.4 Å². The van der Waals surface area contributed by atoms with E-state index < -0.39 is 5.97 Å². The highest BCUT2D eigenvalue weighted by atomic mass is 16.5. The Morgan fingerprint density at radius 1 is 1.20 bits per heavy atom. The van der Waals surface area contributed by atoms with Crippen LogP contribution in [0.4, 0.5) is 5.69 Å². The molecule has 0 saturated carbocycles. The van der Waals surface area contributed by atoms with E-state index in [2.05, 4.69) is 5.32 Å². The van der Waals surface area contributed by atoms with Gasteiger partial charge in [-0.15, -0.1) is 0 Å². The Hall–Kier alpha value is -2.86. The maximum atomic E-state index is 12.3. The molecule has 4 N–H and O–H groups in total. The molecule has 1 aliphatic heterocycles. The maximum absolute atomic E-state index is 12.3. The summed E-state index contributed by atoms with van der Waals surface area (Å²) in [5, 5.41) is 11.8. The number of fused-ring (bicyclic) bond motifs is 1. The van der Waals surface area contributed by atoms with Crippen molar-refractivity contribution in [3.8, 4) is 5.75 Å². The highest BCUT2D eigenvalue weighted by Gasteiger charge is 2.22. The predicted octanol–water partition coefficient (Wildman–Crippen LogP) is 2.42. The van der Waals surface area contributed by atoms with Crippen LogP contribution in [0.5, 0.6) is 5.75 Å². The van der Waals surface area contributed by atoms with Crippen molar-refractivity contribution in [1.29, 1.82) is 0 Å². The average Bonchev–Trinajstić information content (AvgIpc) is 2.61. The van der Waals surface area contributed by atoms with Crippen molar-refractivity contribution in [2.75, 3.05) is 11.9 Å². The number of carboxylic acid groups (broad SMARTS) is 1. The Morgan fingerprint density at radius 3 is 2.64 bits per heavy atom. The molecular weight excluding hydrogens is 320 g/mol. The van der Waals surface area contributed by atoms with E-state index in [1.54, 1.807) is 24.3 Å². The highest BCUT2D eigenvalue weighted by molar-refractivity contribution is 6.04. The van der Waals surface area contributed by atoms with Crippen LogP contribution in [0.1, 0.15) is 27.9 Å². The number of nitrogens with two attached hydrogens (primary N) is 1. The first-order valence-electron chi connectivity index (χ1n) is 8.13. The fraction of sp³-hybridized carbons (Fsp3) is 0.263. The SMILES string of the molecule is NCc1ccc(C(=O)Nc2ccc3c(c2)CC(CC(=O)O)CO3)cc1. The number of anilines is 1. The molecule has 1 amide bonds. The van der Waals surface area contributed by atoms with E-state index in [0.717, 1.165) is 16.9 Å². The molecule has 0 aliphatic carbocycles. The largest absolute Gasteiger partial charge is 0.493 e. The zero-order chi connectivity index (χ0) is 17.8. The van der Waals surface area contributed by atoms with E-state index in [1.807, 2.05) is 18.2 Å². The van der Waals surface area contributed by atoms with Gasteiger partial charge < -0.3 is 20.9 Å². The van der Waals surface area contributed by atoms with Crippen molar-refractivity contribution in [3.05, 3.63) is 59.2 Å². The van der Waals surface area contributed by atoms with Crippen molar-refractivity contribution in [2.24, 2.45) is 11.7 Å². The first-order valence-corrected chi connectivity index (χ1v) is 8.13. The monoisotopic (exact) mass is 340 g/mol. The van der Waals surface area contributed by atoms with Crippen LogP contribution in [0.2, 0.25) is 0 Å². The molecule has 6 nitrogen and oxygen atoms in total. The summed E-state index contributed by atoms with van der Waals surface area (Å²) in [5.74, 6) is -0.350. The number of amides is 1. The van der Waals surface area contributed by atoms with Gasteiger partial charge in [0.25, 0.3) is 5.91 Å². The topological polar surface area (TPSA) is 102 Å². The van der Waals surface area contributed by atoms with Gasteiger partial charge in [0.1, 0.15) is 5.75 Å². The average molecular weight is 340 g/mol. The van der Waals surface area contributed by atoms with Gasteiger partial charge in [-0.25, -0.2) is 0 Å². The maximum Gasteiger partial charge on any atom is 0.303 e. The van der Waals surface area contributed by atoms with Gasteiger partial charge in [0.2, 0.25) is 0 Å². The molecular formula is C19H20N2O4. The van der Waals surface area contributed by atoms with E-state index in [1.165, 1.54) is 0 Å². The Morgan fingerprint density at radius 2 is 1.96 bits per heavy atom. The van der Waals surface area contributed by atoms with Gasteiger partial charge in [-0.2, -0.15) is 0 Å². The van der Waals surface area contributed by atoms with E-state index >= 15 is 0 Å². The van der Waals surface area contributed by atoms with Gasteiger partial charge in [0.05, 0.1) is 13.0 Å².